The Morgan fingerprint density at radius 2 is 1.21 bits per heavy atom. The molecule has 0 aliphatic rings. The second kappa shape index (κ2) is 5.51. The maximum Gasteiger partial charge on any atom is 0.358 e. The molecule has 0 rings (SSSR count). The highest BCUT2D eigenvalue weighted by Gasteiger charge is 2.24. The van der Waals surface area contributed by atoms with Crippen LogP contribution in [-0.2, 0) is 9.59 Å². The summed E-state index contributed by atoms with van der Waals surface area (Å²) < 4.78 is 0. The number of carbonyl (C=O) groups is 2. The van der Waals surface area contributed by atoms with Crippen LogP contribution < -0.4 is 10.9 Å². The summed E-state index contributed by atoms with van der Waals surface area (Å²) in [6.45, 7) is 0. The van der Waals surface area contributed by atoms with Crippen molar-refractivity contribution in [3.63, 3.8) is 0 Å². The maximum absolute atomic E-state index is 10.6. The van der Waals surface area contributed by atoms with Gasteiger partial charge in [-0.1, -0.05) is 0 Å². The second-order valence-electron chi connectivity index (χ2n) is 1.98. The third-order valence-electron chi connectivity index (χ3n) is 1.08. The normalized spacial score (nSPS) is 12.1. The number of nitrogens with zero attached hydrogens (tertiary/aromatic N) is 2. The average Bonchev–Trinajstić information content (AvgIpc) is 2.10. The SMILES string of the molecule is CN/N=C(C(=O)O)/C(=N\NC)C(=O)O. The van der Waals surface area contributed by atoms with Gasteiger partial charge in [-0.05, 0) is 0 Å². The molecule has 14 heavy (non-hydrogen) atoms. The topological polar surface area (TPSA) is 123 Å². The van der Waals surface area contributed by atoms with Crippen LogP contribution in [0.5, 0.6) is 0 Å². The van der Waals surface area contributed by atoms with Gasteiger partial charge in [-0.25, -0.2) is 9.59 Å². The van der Waals surface area contributed by atoms with Crippen molar-refractivity contribution in [3.8, 4) is 0 Å². The predicted octanol–water partition coefficient (Wildman–Crippen LogP) is -1.69. The first kappa shape index (κ1) is 11.9. The molecule has 0 heterocycles. The Labute approximate surface area is 79.3 Å². The third-order valence-corrected chi connectivity index (χ3v) is 1.08. The molecule has 0 fully saturated rings. The monoisotopic (exact) mass is 202 g/mol. The molecule has 0 aromatic carbocycles. The van der Waals surface area contributed by atoms with Crippen LogP contribution in [-0.4, -0.2) is 47.7 Å². The number of carboxylic acids is 2. The molecule has 0 aromatic heterocycles. The lowest BCUT2D eigenvalue weighted by molar-refractivity contribution is -0.131. The van der Waals surface area contributed by atoms with E-state index in [0.29, 0.717) is 0 Å². The first-order valence-electron chi connectivity index (χ1n) is 3.50. The number of rotatable bonds is 5. The van der Waals surface area contributed by atoms with E-state index in [1.54, 1.807) is 0 Å². The van der Waals surface area contributed by atoms with E-state index in [-0.39, 0.29) is 0 Å². The first-order valence-corrected chi connectivity index (χ1v) is 3.50. The van der Waals surface area contributed by atoms with Crippen molar-refractivity contribution in [2.45, 2.75) is 0 Å². The van der Waals surface area contributed by atoms with Gasteiger partial charge in [0.25, 0.3) is 0 Å². The van der Waals surface area contributed by atoms with Crippen molar-refractivity contribution in [3.05, 3.63) is 0 Å². The lowest BCUT2D eigenvalue weighted by Gasteiger charge is -2.00. The van der Waals surface area contributed by atoms with Gasteiger partial charge in [-0.2, -0.15) is 10.2 Å². The van der Waals surface area contributed by atoms with Gasteiger partial charge in [-0.15, -0.1) is 0 Å². The first-order chi connectivity index (χ1) is 6.54. The zero-order valence-electron chi connectivity index (χ0n) is 7.61. The van der Waals surface area contributed by atoms with Gasteiger partial charge in [0.15, 0.2) is 0 Å². The van der Waals surface area contributed by atoms with Crippen LogP contribution >= 0.6 is 0 Å². The largest absolute Gasteiger partial charge is 0.476 e. The van der Waals surface area contributed by atoms with E-state index < -0.39 is 23.4 Å². The van der Waals surface area contributed by atoms with Crippen molar-refractivity contribution >= 4 is 23.4 Å². The number of aliphatic carboxylic acids is 2. The molecule has 0 saturated heterocycles. The molecular formula is C6H10N4O4. The minimum atomic E-state index is -1.48. The van der Waals surface area contributed by atoms with E-state index >= 15 is 0 Å². The molecule has 0 bridgehead atoms. The summed E-state index contributed by atoms with van der Waals surface area (Å²) in [5.41, 5.74) is 3.01. The van der Waals surface area contributed by atoms with Gasteiger partial charge in [0, 0.05) is 14.1 Å². The lowest BCUT2D eigenvalue weighted by Crippen LogP contribution is -2.33. The molecule has 0 spiro atoms. The van der Waals surface area contributed by atoms with Crippen LogP contribution in [0.4, 0.5) is 0 Å². The van der Waals surface area contributed by atoms with Gasteiger partial charge in [0.05, 0.1) is 0 Å². The van der Waals surface area contributed by atoms with Crippen LogP contribution in [0.25, 0.3) is 0 Å². The van der Waals surface area contributed by atoms with E-state index in [1.165, 1.54) is 14.1 Å². The van der Waals surface area contributed by atoms with Crippen molar-refractivity contribution < 1.29 is 19.8 Å². The Morgan fingerprint density at radius 3 is 1.36 bits per heavy atom. The van der Waals surface area contributed by atoms with E-state index in [2.05, 4.69) is 21.1 Å². The molecule has 8 nitrogen and oxygen atoms in total. The van der Waals surface area contributed by atoms with Gasteiger partial charge in [-0.3, -0.25) is 0 Å². The minimum absolute atomic E-state index is 0.672. The molecule has 0 radical (unpaired) electrons. The standard InChI is InChI=1S/C6H10N4O4/c1-7-9-3(5(11)12)4(6(13)14)10-8-2/h7-8H,1-2H3,(H,11,12)(H,13,14)/b9-3-,10-4+. The van der Waals surface area contributed by atoms with Gasteiger partial charge in [0.1, 0.15) is 0 Å². The molecule has 0 atom stereocenters. The fourth-order valence-corrected chi connectivity index (χ4v) is 0.628. The summed E-state index contributed by atoms with van der Waals surface area (Å²) in [5, 5.41) is 23.8. The van der Waals surface area contributed by atoms with Crippen molar-refractivity contribution in [1.82, 2.24) is 10.9 Å². The Balaban J connectivity index is 5.15. The molecule has 0 saturated carbocycles. The zero-order valence-corrected chi connectivity index (χ0v) is 7.61. The van der Waals surface area contributed by atoms with Crippen LogP contribution in [0.2, 0.25) is 0 Å². The highest BCUT2D eigenvalue weighted by atomic mass is 16.4. The molecule has 0 amide bonds. The van der Waals surface area contributed by atoms with Crippen LogP contribution in [0.3, 0.4) is 0 Å². The van der Waals surface area contributed by atoms with E-state index in [4.69, 9.17) is 10.2 Å². The average molecular weight is 202 g/mol. The van der Waals surface area contributed by atoms with E-state index in [9.17, 15) is 9.59 Å². The van der Waals surface area contributed by atoms with Crippen molar-refractivity contribution in [1.29, 1.82) is 0 Å². The summed E-state index contributed by atoms with van der Waals surface area (Å²) in [4.78, 5) is 21.1. The Morgan fingerprint density at radius 1 is 0.929 bits per heavy atom. The van der Waals surface area contributed by atoms with Crippen molar-refractivity contribution in [2.24, 2.45) is 10.2 Å². The summed E-state index contributed by atoms with van der Waals surface area (Å²) in [7, 11) is 2.70. The molecule has 0 aliphatic carbocycles. The quantitative estimate of drug-likeness (QED) is 0.311. The molecule has 0 aliphatic heterocycles. The molecule has 0 aromatic rings. The number of hydrogen-bond donors (Lipinski definition) is 4. The fraction of sp³-hybridized carbons (Fsp3) is 0.333. The minimum Gasteiger partial charge on any atom is -0.476 e. The van der Waals surface area contributed by atoms with Crippen LogP contribution in [0.1, 0.15) is 0 Å². The fourth-order valence-electron chi connectivity index (χ4n) is 0.628. The lowest BCUT2D eigenvalue weighted by atomic mass is 10.2. The number of hydrazone groups is 2. The number of carboxylic acid groups (broad SMARTS) is 2. The molecule has 78 valence electrons. The molecule has 0 unspecified atom stereocenters. The van der Waals surface area contributed by atoms with Gasteiger partial charge < -0.3 is 21.1 Å². The van der Waals surface area contributed by atoms with E-state index in [1.807, 2.05) is 0 Å². The Bertz CT molecular complexity index is 266. The summed E-state index contributed by atoms with van der Waals surface area (Å²) in [5.74, 6) is -2.95. The second-order valence-corrected chi connectivity index (χ2v) is 1.98. The maximum atomic E-state index is 10.6. The van der Waals surface area contributed by atoms with Gasteiger partial charge >= 0.3 is 11.9 Å². The number of nitrogens with one attached hydrogen (secondary N) is 2. The Hall–Kier alpha value is -2.12. The highest BCUT2D eigenvalue weighted by molar-refractivity contribution is 6.78. The van der Waals surface area contributed by atoms with Gasteiger partial charge in [0.2, 0.25) is 11.4 Å². The third kappa shape index (κ3) is 3.09. The zero-order chi connectivity index (χ0) is 11.1. The molecular weight excluding hydrogens is 192 g/mol. The Kier molecular flexibility index (Phi) is 4.68. The summed E-state index contributed by atoms with van der Waals surface area (Å²) >= 11 is 0. The molecule has 8 heteroatoms. The molecule has 4 N–H and O–H groups in total. The summed E-state index contributed by atoms with van der Waals surface area (Å²) in [6.07, 6.45) is 0. The van der Waals surface area contributed by atoms with Crippen LogP contribution in [0, 0.1) is 0 Å². The van der Waals surface area contributed by atoms with Crippen LogP contribution in [0.15, 0.2) is 10.2 Å². The highest BCUT2D eigenvalue weighted by Crippen LogP contribution is 1.86. The summed E-state index contributed by atoms with van der Waals surface area (Å²) in [6, 6.07) is 0. The predicted molar refractivity (Wildman–Crippen MR) is 48.3 cm³/mol. The smallest absolute Gasteiger partial charge is 0.358 e. The number of hydrogen-bond acceptors (Lipinski definition) is 6. The van der Waals surface area contributed by atoms with E-state index in [0.717, 1.165) is 0 Å². The van der Waals surface area contributed by atoms with Crippen molar-refractivity contribution in [2.75, 3.05) is 14.1 Å².